The number of rotatable bonds is 0. The van der Waals surface area contributed by atoms with Gasteiger partial charge in [-0.05, 0) is 24.3 Å². The average Bonchev–Trinajstić information content (AvgIpc) is 2.50. The van der Waals surface area contributed by atoms with E-state index in [1.807, 2.05) is 0 Å². The molecule has 0 amide bonds. The Morgan fingerprint density at radius 2 is 1.83 bits per heavy atom. The summed E-state index contributed by atoms with van der Waals surface area (Å²) < 4.78 is 18.6. The predicted molar refractivity (Wildman–Crippen MR) is 69.1 cm³/mol. The Labute approximate surface area is 112 Å². The van der Waals surface area contributed by atoms with Crippen LogP contribution in [0.2, 0.25) is 10.0 Å². The van der Waals surface area contributed by atoms with Crippen LogP contribution in [-0.2, 0) is 4.42 Å². The molecule has 1 aliphatic rings. The van der Waals surface area contributed by atoms with E-state index < -0.39 is 0 Å². The molecule has 0 saturated heterocycles. The maximum Gasteiger partial charge on any atom is 0.482 e. The van der Waals surface area contributed by atoms with Crippen LogP contribution in [0.5, 0.6) is 5.75 Å². The quantitative estimate of drug-likeness (QED) is 0.407. The Bertz CT molecular complexity index is 721. The summed E-state index contributed by atoms with van der Waals surface area (Å²) in [5.41, 5.74) is 1.79. The summed E-state index contributed by atoms with van der Waals surface area (Å²) in [5.74, 6) is 0.0837. The molecule has 0 atom stereocenters. The smallest absolute Gasteiger partial charge is 0.207 e. The number of hydrogen-bond acceptors (Lipinski definition) is 1. The molecule has 0 aromatic heterocycles. The fraction of sp³-hybridized carbons (Fsp3) is 0. The standard InChI is InChI=1S/C13H5Cl2FNO/c14-10-4-9-8-3-7(16)1-2-12(8)17-6-18-13(9)5-11(10)15/h1-5H/q+1. The van der Waals surface area contributed by atoms with Gasteiger partial charge in [-0.1, -0.05) is 23.2 Å². The highest BCUT2D eigenvalue weighted by Crippen LogP contribution is 2.42. The molecule has 18 heavy (non-hydrogen) atoms. The molecule has 2 nitrogen and oxygen atoms in total. The maximum absolute atomic E-state index is 13.3. The summed E-state index contributed by atoms with van der Waals surface area (Å²) in [6.07, 6.45) is 2.43. The number of hydrogen-bond donors (Lipinski definition) is 0. The van der Waals surface area contributed by atoms with Gasteiger partial charge in [-0.2, -0.15) is 0 Å². The van der Waals surface area contributed by atoms with Crippen molar-refractivity contribution in [2.24, 2.45) is 4.99 Å². The number of halogens is 3. The van der Waals surface area contributed by atoms with Crippen molar-refractivity contribution in [3.8, 4) is 16.9 Å². The van der Waals surface area contributed by atoms with Gasteiger partial charge in [0, 0.05) is 5.56 Å². The Kier molecular flexibility index (Phi) is 2.67. The number of fused-ring (bicyclic) bond motifs is 3. The number of isocyanates is 1. The minimum atomic E-state index is -0.358. The number of carbonyl (C=O) groups excluding carboxylic acids is 1. The Balaban J connectivity index is 2.38. The highest BCUT2D eigenvalue weighted by atomic mass is 35.5. The van der Waals surface area contributed by atoms with Crippen LogP contribution in [0.25, 0.3) is 11.1 Å². The zero-order valence-electron chi connectivity index (χ0n) is 8.88. The predicted octanol–water partition coefficient (Wildman–Crippen LogP) is 5.03. The highest BCUT2D eigenvalue weighted by molar-refractivity contribution is 6.42. The third-order valence-electron chi connectivity index (χ3n) is 2.59. The molecule has 1 aliphatic heterocycles. The molecule has 2 aromatic rings. The summed E-state index contributed by atoms with van der Waals surface area (Å²) in [7, 11) is 0. The second kappa shape index (κ2) is 4.21. The lowest BCUT2D eigenvalue weighted by molar-refractivity contribution is 0.258. The van der Waals surface area contributed by atoms with Crippen molar-refractivity contribution in [2.45, 2.75) is 0 Å². The van der Waals surface area contributed by atoms with Crippen LogP contribution in [0.1, 0.15) is 0 Å². The summed E-state index contributed by atoms with van der Waals surface area (Å²) >= 11 is 11.9. The molecule has 0 radical (unpaired) electrons. The van der Waals surface area contributed by atoms with E-state index in [9.17, 15) is 4.39 Å². The van der Waals surface area contributed by atoms with Gasteiger partial charge >= 0.3 is 11.8 Å². The molecule has 1 heterocycles. The van der Waals surface area contributed by atoms with Gasteiger partial charge in [-0.3, -0.25) is 0 Å². The largest absolute Gasteiger partial charge is 0.482 e. The van der Waals surface area contributed by atoms with E-state index in [4.69, 9.17) is 27.6 Å². The third-order valence-corrected chi connectivity index (χ3v) is 3.32. The van der Waals surface area contributed by atoms with Crippen molar-refractivity contribution in [1.82, 2.24) is 0 Å². The fourth-order valence-electron chi connectivity index (χ4n) is 1.77. The number of aliphatic imine (C=N–C) groups is 1. The summed E-state index contributed by atoms with van der Waals surface area (Å²) in [5, 5.41) is 0.730. The minimum absolute atomic E-state index is 0.358. The molecule has 0 fully saturated rings. The number of benzene rings is 2. The van der Waals surface area contributed by atoms with Crippen LogP contribution in [0.15, 0.2) is 35.3 Å². The van der Waals surface area contributed by atoms with E-state index in [1.54, 1.807) is 18.2 Å². The first-order chi connectivity index (χ1) is 8.65. The number of nitrogens with zero attached hydrogens (tertiary/aromatic N) is 1. The van der Waals surface area contributed by atoms with E-state index in [2.05, 4.69) is 11.1 Å². The second-order valence-corrected chi connectivity index (χ2v) is 4.54. The van der Waals surface area contributed by atoms with E-state index in [-0.39, 0.29) is 5.82 Å². The Morgan fingerprint density at radius 3 is 2.67 bits per heavy atom. The van der Waals surface area contributed by atoms with Gasteiger partial charge in [0.1, 0.15) is 5.82 Å². The first-order valence-electron chi connectivity index (χ1n) is 5.07. The van der Waals surface area contributed by atoms with E-state index in [1.165, 1.54) is 12.1 Å². The molecule has 0 N–H and O–H groups in total. The van der Waals surface area contributed by atoms with Gasteiger partial charge in [0.15, 0.2) is 0 Å². The molecule has 0 saturated carbocycles. The lowest BCUT2D eigenvalue weighted by atomic mass is 10.0. The molecule has 3 rings (SSSR count). The minimum Gasteiger partial charge on any atom is -0.207 e. The van der Waals surface area contributed by atoms with Crippen LogP contribution in [-0.4, -0.2) is 6.08 Å². The van der Waals surface area contributed by atoms with Gasteiger partial charge in [-0.15, -0.1) is 9.42 Å². The summed E-state index contributed by atoms with van der Waals surface area (Å²) in [6, 6.07) is 7.44. The lowest BCUT2D eigenvalue weighted by Crippen LogP contribution is -1.83. The van der Waals surface area contributed by atoms with Crippen molar-refractivity contribution in [1.29, 1.82) is 0 Å². The highest BCUT2D eigenvalue weighted by Gasteiger charge is 2.22. The van der Waals surface area contributed by atoms with Crippen molar-refractivity contribution in [2.75, 3.05) is 0 Å². The maximum atomic E-state index is 13.3. The molecule has 88 valence electrons. The van der Waals surface area contributed by atoms with Crippen molar-refractivity contribution < 1.29 is 8.82 Å². The molecule has 0 aliphatic carbocycles. The van der Waals surface area contributed by atoms with Crippen molar-refractivity contribution in [3.63, 3.8) is 0 Å². The second-order valence-electron chi connectivity index (χ2n) is 3.73. The lowest BCUT2D eigenvalue weighted by Gasteiger charge is -2.03. The van der Waals surface area contributed by atoms with Crippen molar-refractivity contribution in [3.05, 3.63) is 46.2 Å². The zero-order valence-corrected chi connectivity index (χ0v) is 10.4. The first-order valence-corrected chi connectivity index (χ1v) is 5.82. The van der Waals surface area contributed by atoms with Crippen LogP contribution in [0.4, 0.5) is 10.1 Å². The van der Waals surface area contributed by atoms with Crippen LogP contribution < -0.4 is 0 Å². The summed E-state index contributed by atoms with van der Waals surface area (Å²) in [4.78, 5) is 3.98. The van der Waals surface area contributed by atoms with Crippen LogP contribution in [0.3, 0.4) is 0 Å². The molecule has 5 heteroatoms. The first kappa shape index (κ1) is 11.4. The van der Waals surface area contributed by atoms with E-state index in [0.29, 0.717) is 32.6 Å². The fourth-order valence-corrected chi connectivity index (χ4v) is 2.08. The zero-order chi connectivity index (χ0) is 12.7. The van der Waals surface area contributed by atoms with Crippen LogP contribution in [0, 0.1) is 5.82 Å². The Morgan fingerprint density at radius 1 is 1.06 bits per heavy atom. The third kappa shape index (κ3) is 1.83. The van der Waals surface area contributed by atoms with Crippen molar-refractivity contribution >= 4 is 35.0 Å². The van der Waals surface area contributed by atoms with Gasteiger partial charge < -0.3 is 0 Å². The molecule has 2 aromatic carbocycles. The monoisotopic (exact) mass is 280 g/mol. The normalized spacial score (nSPS) is 11.9. The topological polar surface area (TPSA) is 23.7 Å². The molecular formula is C13H5Cl2FNO+. The molecular weight excluding hydrogens is 276 g/mol. The Hall–Kier alpha value is -1.67. The molecule has 0 bridgehead atoms. The molecule has 0 spiro atoms. The van der Waals surface area contributed by atoms with Gasteiger partial charge in [0.2, 0.25) is 0 Å². The SMILES string of the molecule is Fc1ccc2c(c1)-c1cc(Cl)c(Cl)cc1[O+]=C=N2. The van der Waals surface area contributed by atoms with Gasteiger partial charge in [0.05, 0.1) is 27.4 Å². The molecule has 0 unspecified atom stereocenters. The average molecular weight is 281 g/mol. The van der Waals surface area contributed by atoms with E-state index >= 15 is 0 Å². The summed E-state index contributed by atoms with van der Waals surface area (Å²) in [6.45, 7) is 0. The van der Waals surface area contributed by atoms with Gasteiger partial charge in [-0.25, -0.2) is 4.39 Å². The van der Waals surface area contributed by atoms with Gasteiger partial charge in [0.25, 0.3) is 0 Å². The van der Waals surface area contributed by atoms with E-state index in [0.717, 1.165) is 0 Å². The van der Waals surface area contributed by atoms with Crippen LogP contribution >= 0.6 is 23.2 Å².